The van der Waals surface area contributed by atoms with Gasteiger partial charge in [-0.05, 0) is 36.2 Å². The molecular formula is C21H21ClFN5O2S. The van der Waals surface area contributed by atoms with Gasteiger partial charge in [0.15, 0.2) is 5.82 Å². The van der Waals surface area contributed by atoms with Crippen LogP contribution in [0.15, 0.2) is 47.6 Å². The lowest BCUT2D eigenvalue weighted by Crippen LogP contribution is -2.41. The molecule has 0 saturated heterocycles. The lowest BCUT2D eigenvalue weighted by atomic mass is 10.0. The third-order valence-corrected chi connectivity index (χ3v) is 6.41. The van der Waals surface area contributed by atoms with Crippen molar-refractivity contribution in [2.75, 3.05) is 17.9 Å². The van der Waals surface area contributed by atoms with Crippen LogP contribution in [0.2, 0.25) is 5.02 Å². The summed E-state index contributed by atoms with van der Waals surface area (Å²) in [4.78, 5) is 13.2. The number of fused-ring (bicyclic) bond motifs is 1. The monoisotopic (exact) mass is 461 g/mol. The molecule has 2 atom stereocenters. The first-order valence-electron chi connectivity index (χ1n) is 9.78. The summed E-state index contributed by atoms with van der Waals surface area (Å²) in [7, 11) is 1.54. The normalized spacial score (nSPS) is 17.5. The molecule has 31 heavy (non-hydrogen) atoms. The van der Waals surface area contributed by atoms with Gasteiger partial charge in [-0.2, -0.15) is 0 Å². The number of carbonyl (C=O) groups is 1. The van der Waals surface area contributed by atoms with Crippen molar-refractivity contribution in [1.82, 2.24) is 14.9 Å². The standard InChI is InChI=1S/C21H21ClFN5O2S/c1-3-6-17-25-26-21-28(17)27-18(12-9-10-16(30-2)13(22)11-12)19(31-21)20(29)24-15-8-5-4-7-14(15)23/h4-5,7-11,18-19,27H,3,6H2,1-2H3,(H,24,29)/t18-,19-/m1/s1. The Kier molecular flexibility index (Phi) is 6.33. The summed E-state index contributed by atoms with van der Waals surface area (Å²) in [6.07, 6.45) is 1.64. The summed E-state index contributed by atoms with van der Waals surface area (Å²) in [5.74, 6) is 0.466. The van der Waals surface area contributed by atoms with Gasteiger partial charge in [0.05, 0.1) is 23.9 Å². The van der Waals surface area contributed by atoms with Gasteiger partial charge in [0.2, 0.25) is 11.1 Å². The van der Waals surface area contributed by atoms with E-state index in [0.717, 1.165) is 24.2 Å². The third-order valence-electron chi connectivity index (χ3n) is 4.90. The van der Waals surface area contributed by atoms with Crippen LogP contribution in [-0.4, -0.2) is 33.1 Å². The number of amides is 1. The number of aromatic nitrogens is 3. The molecule has 2 heterocycles. The Labute approximate surface area is 188 Å². The smallest absolute Gasteiger partial charge is 0.240 e. The quantitative estimate of drug-likeness (QED) is 0.565. The number of nitrogens with one attached hydrogen (secondary N) is 2. The number of nitrogens with zero attached hydrogens (tertiary/aromatic N) is 3. The number of halogens is 2. The Morgan fingerprint density at radius 1 is 1.32 bits per heavy atom. The number of aryl methyl sites for hydroxylation is 1. The highest BCUT2D eigenvalue weighted by molar-refractivity contribution is 8.00. The van der Waals surface area contributed by atoms with Crippen LogP contribution < -0.4 is 15.5 Å². The average Bonchev–Trinajstić information content (AvgIpc) is 3.16. The highest BCUT2D eigenvalue weighted by Gasteiger charge is 2.38. The SMILES string of the molecule is CCCc1nnc2n1N[C@H](c1ccc(OC)c(Cl)c1)[C@H](C(=O)Nc1ccccc1F)S2. The van der Waals surface area contributed by atoms with Gasteiger partial charge in [-0.1, -0.05) is 48.5 Å². The minimum Gasteiger partial charge on any atom is -0.495 e. The zero-order chi connectivity index (χ0) is 22.0. The predicted molar refractivity (Wildman–Crippen MR) is 119 cm³/mol. The average molecular weight is 462 g/mol. The summed E-state index contributed by atoms with van der Waals surface area (Å²) in [5, 5.41) is 11.5. The Bertz CT molecular complexity index is 1110. The van der Waals surface area contributed by atoms with E-state index in [-0.39, 0.29) is 11.6 Å². The summed E-state index contributed by atoms with van der Waals surface area (Å²) in [6.45, 7) is 2.06. The van der Waals surface area contributed by atoms with Crippen LogP contribution in [0.5, 0.6) is 5.75 Å². The summed E-state index contributed by atoms with van der Waals surface area (Å²) in [5.41, 5.74) is 4.27. The van der Waals surface area contributed by atoms with E-state index in [1.54, 1.807) is 31.4 Å². The molecule has 0 fully saturated rings. The maximum atomic E-state index is 14.1. The molecule has 0 unspecified atom stereocenters. The Hall–Kier alpha value is -2.78. The molecule has 0 bridgehead atoms. The molecule has 4 rings (SSSR count). The van der Waals surface area contributed by atoms with E-state index in [4.69, 9.17) is 16.3 Å². The maximum Gasteiger partial charge on any atom is 0.240 e. The second-order valence-corrected chi connectivity index (χ2v) is 8.51. The van der Waals surface area contributed by atoms with Crippen molar-refractivity contribution in [3.05, 3.63) is 64.7 Å². The molecule has 0 aliphatic carbocycles. The number of ether oxygens (including phenoxy) is 1. The van der Waals surface area contributed by atoms with E-state index in [1.165, 1.54) is 23.9 Å². The van der Waals surface area contributed by atoms with Crippen LogP contribution >= 0.6 is 23.4 Å². The molecule has 10 heteroatoms. The van der Waals surface area contributed by atoms with Gasteiger partial charge in [-0.3, -0.25) is 4.79 Å². The third kappa shape index (κ3) is 4.33. The largest absolute Gasteiger partial charge is 0.495 e. The summed E-state index contributed by atoms with van der Waals surface area (Å²) in [6, 6.07) is 11.0. The highest BCUT2D eigenvalue weighted by Crippen LogP contribution is 2.39. The van der Waals surface area contributed by atoms with Gasteiger partial charge >= 0.3 is 0 Å². The number of methoxy groups -OCH3 is 1. The molecule has 2 N–H and O–H groups in total. The predicted octanol–water partition coefficient (Wildman–Crippen LogP) is 4.43. The number of anilines is 1. The van der Waals surface area contributed by atoms with E-state index in [9.17, 15) is 9.18 Å². The fourth-order valence-electron chi connectivity index (χ4n) is 3.38. The first-order valence-corrected chi connectivity index (χ1v) is 11.0. The van der Waals surface area contributed by atoms with Crippen LogP contribution in [0, 0.1) is 5.82 Å². The zero-order valence-electron chi connectivity index (χ0n) is 16.9. The van der Waals surface area contributed by atoms with Crippen LogP contribution in [0.4, 0.5) is 10.1 Å². The summed E-state index contributed by atoms with van der Waals surface area (Å²) < 4.78 is 21.2. The molecule has 1 amide bonds. The molecular weight excluding hydrogens is 441 g/mol. The fourth-order valence-corrected chi connectivity index (χ4v) is 4.74. The van der Waals surface area contributed by atoms with E-state index in [2.05, 4.69) is 27.9 Å². The lowest BCUT2D eigenvalue weighted by Gasteiger charge is -2.33. The molecule has 2 aromatic carbocycles. The lowest BCUT2D eigenvalue weighted by molar-refractivity contribution is -0.116. The molecule has 7 nitrogen and oxygen atoms in total. The van der Waals surface area contributed by atoms with Crippen LogP contribution in [-0.2, 0) is 11.2 Å². The number of hydrogen-bond donors (Lipinski definition) is 2. The second kappa shape index (κ2) is 9.15. The van der Waals surface area contributed by atoms with Crippen molar-refractivity contribution in [1.29, 1.82) is 0 Å². The van der Waals surface area contributed by atoms with Crippen LogP contribution in [0.25, 0.3) is 0 Å². The Morgan fingerprint density at radius 2 is 2.13 bits per heavy atom. The number of rotatable bonds is 6. The zero-order valence-corrected chi connectivity index (χ0v) is 18.5. The first kappa shape index (κ1) is 21.5. The highest BCUT2D eigenvalue weighted by atomic mass is 35.5. The molecule has 0 spiro atoms. The van der Waals surface area contributed by atoms with Crippen LogP contribution in [0.1, 0.15) is 30.8 Å². The van der Waals surface area contributed by atoms with E-state index in [1.807, 2.05) is 10.7 Å². The Morgan fingerprint density at radius 3 is 2.84 bits per heavy atom. The summed E-state index contributed by atoms with van der Waals surface area (Å²) >= 11 is 7.62. The maximum absolute atomic E-state index is 14.1. The van der Waals surface area contributed by atoms with Gasteiger partial charge in [0.25, 0.3) is 0 Å². The van der Waals surface area contributed by atoms with Crippen molar-refractivity contribution in [2.24, 2.45) is 0 Å². The van der Waals surface area contributed by atoms with Gasteiger partial charge in [0, 0.05) is 6.42 Å². The Balaban J connectivity index is 1.70. The number of thioether (sulfide) groups is 1. The second-order valence-electron chi connectivity index (χ2n) is 6.99. The van der Waals surface area contributed by atoms with Crippen molar-refractivity contribution in [3.8, 4) is 5.75 Å². The van der Waals surface area contributed by atoms with Gasteiger partial charge in [-0.25, -0.2) is 9.07 Å². The minimum atomic E-state index is -0.643. The van der Waals surface area contributed by atoms with Crippen molar-refractivity contribution in [3.63, 3.8) is 0 Å². The van der Waals surface area contributed by atoms with E-state index in [0.29, 0.717) is 15.9 Å². The van der Waals surface area contributed by atoms with Gasteiger partial charge in [-0.15, -0.1) is 10.2 Å². The number of carbonyl (C=O) groups excluding carboxylic acids is 1. The van der Waals surface area contributed by atoms with E-state index >= 15 is 0 Å². The first-order chi connectivity index (χ1) is 15.0. The molecule has 162 valence electrons. The molecule has 1 aliphatic heterocycles. The molecule has 0 radical (unpaired) electrons. The molecule has 1 aromatic heterocycles. The molecule has 0 saturated carbocycles. The minimum absolute atomic E-state index is 0.123. The van der Waals surface area contributed by atoms with Gasteiger partial charge in [0.1, 0.15) is 16.8 Å². The van der Waals surface area contributed by atoms with Crippen molar-refractivity contribution < 1.29 is 13.9 Å². The van der Waals surface area contributed by atoms with Crippen LogP contribution in [0.3, 0.4) is 0 Å². The van der Waals surface area contributed by atoms with Crippen molar-refractivity contribution >= 4 is 35.0 Å². The number of benzene rings is 2. The van der Waals surface area contributed by atoms with Gasteiger partial charge < -0.3 is 15.5 Å². The molecule has 3 aromatic rings. The fraction of sp³-hybridized carbons (Fsp3) is 0.286. The number of hydrogen-bond acceptors (Lipinski definition) is 6. The topological polar surface area (TPSA) is 81.1 Å². The molecule has 1 aliphatic rings. The van der Waals surface area contributed by atoms with E-state index < -0.39 is 17.1 Å². The number of para-hydroxylation sites is 1. The van der Waals surface area contributed by atoms with Crippen molar-refractivity contribution in [2.45, 2.75) is 36.2 Å².